The maximum Gasteiger partial charge on any atom is 0.293 e. The van der Waals surface area contributed by atoms with E-state index in [1.54, 1.807) is 0 Å². The van der Waals surface area contributed by atoms with Gasteiger partial charge in [0.2, 0.25) is 0 Å². The number of aldehydes is 1. The molecular formula is C11H21NO3. The molecule has 4 heteroatoms. The fourth-order valence-electron chi connectivity index (χ4n) is 1.14. The third-order valence-electron chi connectivity index (χ3n) is 1.93. The first-order valence-electron chi connectivity index (χ1n) is 5.27. The largest absolute Gasteiger partial charge is 0.462 e. The number of carbonyl (C=O) groups is 2. The molecule has 0 aromatic rings. The zero-order valence-corrected chi connectivity index (χ0v) is 9.79. The molecule has 1 aliphatic heterocycles. The zero-order chi connectivity index (χ0) is 11.7. The van der Waals surface area contributed by atoms with E-state index in [0.29, 0.717) is 12.4 Å². The lowest BCUT2D eigenvalue weighted by atomic mass is 10.0. The summed E-state index contributed by atoms with van der Waals surface area (Å²) in [6.45, 7) is 7.90. The van der Waals surface area contributed by atoms with Crippen LogP contribution >= 0.6 is 0 Å². The topological polar surface area (TPSA) is 55.4 Å². The Balaban J connectivity index is 0.000000265. The Kier molecular flexibility index (Phi) is 6.96. The van der Waals surface area contributed by atoms with Crippen LogP contribution in [-0.2, 0) is 14.3 Å². The van der Waals surface area contributed by atoms with E-state index in [2.05, 4.69) is 10.1 Å². The van der Waals surface area contributed by atoms with Gasteiger partial charge in [0.15, 0.2) is 0 Å². The first-order valence-corrected chi connectivity index (χ1v) is 5.27. The summed E-state index contributed by atoms with van der Waals surface area (Å²) in [6, 6.07) is 0. The number of hydrogen-bond donors (Lipinski definition) is 1. The van der Waals surface area contributed by atoms with Crippen LogP contribution in [0.1, 0.15) is 33.6 Å². The number of nitrogens with one attached hydrogen (secondary N) is 1. The Morgan fingerprint density at radius 2 is 2.00 bits per heavy atom. The average Bonchev–Trinajstić information content (AvgIpc) is 2.18. The smallest absolute Gasteiger partial charge is 0.293 e. The Morgan fingerprint density at radius 3 is 2.20 bits per heavy atom. The van der Waals surface area contributed by atoms with Crippen LogP contribution < -0.4 is 5.32 Å². The highest BCUT2D eigenvalue weighted by molar-refractivity contribution is 5.53. The summed E-state index contributed by atoms with van der Waals surface area (Å²) in [7, 11) is 0. The molecule has 0 bridgehead atoms. The summed E-state index contributed by atoms with van der Waals surface area (Å²) >= 11 is 0. The monoisotopic (exact) mass is 215 g/mol. The van der Waals surface area contributed by atoms with Crippen molar-refractivity contribution < 1.29 is 14.3 Å². The number of hydrogen-bond acceptors (Lipinski definition) is 4. The van der Waals surface area contributed by atoms with Gasteiger partial charge in [0.25, 0.3) is 6.47 Å². The predicted octanol–water partition coefficient (Wildman–Crippen LogP) is 1.14. The third-order valence-corrected chi connectivity index (χ3v) is 1.93. The van der Waals surface area contributed by atoms with Gasteiger partial charge in [-0.25, -0.2) is 0 Å². The van der Waals surface area contributed by atoms with Gasteiger partial charge in [0.1, 0.15) is 11.9 Å². The van der Waals surface area contributed by atoms with E-state index >= 15 is 0 Å². The lowest BCUT2D eigenvalue weighted by Crippen LogP contribution is -2.30. The molecule has 0 aliphatic carbocycles. The van der Waals surface area contributed by atoms with Gasteiger partial charge in [0.05, 0.1) is 0 Å². The molecule has 1 heterocycles. The first-order chi connectivity index (χ1) is 6.99. The summed E-state index contributed by atoms with van der Waals surface area (Å²) < 4.78 is 4.55. The second-order valence-electron chi connectivity index (χ2n) is 4.57. The molecule has 1 fully saturated rings. The van der Waals surface area contributed by atoms with Crippen LogP contribution in [0.15, 0.2) is 0 Å². The van der Waals surface area contributed by atoms with Crippen molar-refractivity contribution in [3.05, 3.63) is 0 Å². The van der Waals surface area contributed by atoms with Crippen molar-refractivity contribution in [3.63, 3.8) is 0 Å². The van der Waals surface area contributed by atoms with Gasteiger partial charge in [-0.1, -0.05) is 0 Å². The van der Waals surface area contributed by atoms with Gasteiger partial charge < -0.3 is 14.8 Å². The van der Waals surface area contributed by atoms with Crippen molar-refractivity contribution in [2.24, 2.45) is 5.92 Å². The molecule has 0 aromatic carbocycles. The second kappa shape index (κ2) is 7.40. The molecule has 0 amide bonds. The van der Waals surface area contributed by atoms with E-state index < -0.39 is 0 Å². The van der Waals surface area contributed by atoms with Crippen molar-refractivity contribution in [1.82, 2.24) is 5.32 Å². The van der Waals surface area contributed by atoms with E-state index in [4.69, 9.17) is 0 Å². The van der Waals surface area contributed by atoms with Crippen molar-refractivity contribution >= 4 is 12.8 Å². The van der Waals surface area contributed by atoms with Gasteiger partial charge in [-0.05, 0) is 40.2 Å². The molecular weight excluding hydrogens is 194 g/mol. The maximum atomic E-state index is 10.1. The molecule has 0 saturated carbocycles. The van der Waals surface area contributed by atoms with Crippen LogP contribution in [0.5, 0.6) is 0 Å². The van der Waals surface area contributed by atoms with Crippen LogP contribution in [-0.4, -0.2) is 31.4 Å². The summed E-state index contributed by atoms with van der Waals surface area (Å²) in [5.74, 6) is 0.295. The molecule has 88 valence electrons. The van der Waals surface area contributed by atoms with Gasteiger partial charge in [0, 0.05) is 12.5 Å². The summed E-state index contributed by atoms with van der Waals surface area (Å²) in [5, 5.41) is 3.15. The van der Waals surface area contributed by atoms with E-state index in [9.17, 15) is 9.59 Å². The summed E-state index contributed by atoms with van der Waals surface area (Å²) in [5.41, 5.74) is -0.318. The molecule has 15 heavy (non-hydrogen) atoms. The number of rotatable bonds is 2. The van der Waals surface area contributed by atoms with Crippen LogP contribution in [0, 0.1) is 5.92 Å². The van der Waals surface area contributed by atoms with E-state index in [1.807, 2.05) is 20.8 Å². The molecule has 1 atom stereocenters. The summed E-state index contributed by atoms with van der Waals surface area (Å²) in [6.07, 6.45) is 3.28. The van der Waals surface area contributed by atoms with Gasteiger partial charge >= 0.3 is 0 Å². The van der Waals surface area contributed by atoms with E-state index in [0.717, 1.165) is 32.2 Å². The molecule has 1 saturated heterocycles. The van der Waals surface area contributed by atoms with Crippen molar-refractivity contribution in [2.75, 3.05) is 13.1 Å². The minimum absolute atomic E-state index is 0.295. The Bertz CT molecular complexity index is 181. The fraction of sp³-hybridized carbons (Fsp3) is 0.818. The highest BCUT2D eigenvalue weighted by Gasteiger charge is 2.09. The average molecular weight is 215 g/mol. The predicted molar refractivity (Wildman–Crippen MR) is 58.6 cm³/mol. The Hall–Kier alpha value is -0.900. The number of ether oxygens (including phenoxy) is 1. The standard InChI is InChI=1S/C6H11NO.C5H10O2/c8-5-6-2-1-3-7-4-6;1-5(2,3)7-4-6/h5-7H,1-4H2;4H,1-3H3. The van der Waals surface area contributed by atoms with Gasteiger partial charge in [-0.3, -0.25) is 4.79 Å². The molecule has 4 nitrogen and oxygen atoms in total. The van der Waals surface area contributed by atoms with Gasteiger partial charge in [-0.15, -0.1) is 0 Å². The highest BCUT2D eigenvalue weighted by Crippen LogP contribution is 2.05. The quantitative estimate of drug-likeness (QED) is 0.702. The molecule has 1 unspecified atom stereocenters. The fourth-order valence-corrected chi connectivity index (χ4v) is 1.14. The molecule has 1 rings (SSSR count). The van der Waals surface area contributed by atoms with E-state index in [1.165, 1.54) is 0 Å². The molecule has 0 aromatic heterocycles. The first kappa shape index (κ1) is 14.1. The minimum atomic E-state index is -0.318. The minimum Gasteiger partial charge on any atom is -0.462 e. The SMILES string of the molecule is CC(C)(C)OC=O.O=CC1CCCNC1. The van der Waals surface area contributed by atoms with E-state index in [-0.39, 0.29) is 5.60 Å². The zero-order valence-electron chi connectivity index (χ0n) is 9.79. The van der Waals surface area contributed by atoms with Crippen LogP contribution in [0.25, 0.3) is 0 Å². The number of carbonyl (C=O) groups excluding carboxylic acids is 2. The Morgan fingerprint density at radius 1 is 1.33 bits per heavy atom. The third kappa shape index (κ3) is 9.41. The second-order valence-corrected chi connectivity index (χ2v) is 4.57. The van der Waals surface area contributed by atoms with Crippen molar-refractivity contribution in [3.8, 4) is 0 Å². The number of piperidine rings is 1. The normalized spacial score (nSPS) is 20.9. The maximum absolute atomic E-state index is 10.1. The van der Waals surface area contributed by atoms with Gasteiger partial charge in [-0.2, -0.15) is 0 Å². The van der Waals surface area contributed by atoms with Crippen molar-refractivity contribution in [1.29, 1.82) is 0 Å². The van der Waals surface area contributed by atoms with Crippen LogP contribution in [0.2, 0.25) is 0 Å². The van der Waals surface area contributed by atoms with Crippen molar-refractivity contribution in [2.45, 2.75) is 39.2 Å². The lowest BCUT2D eigenvalue weighted by molar-refractivity contribution is -0.138. The van der Waals surface area contributed by atoms with Crippen LogP contribution in [0.3, 0.4) is 0 Å². The molecule has 1 aliphatic rings. The molecule has 1 N–H and O–H groups in total. The molecule has 0 spiro atoms. The highest BCUT2D eigenvalue weighted by atomic mass is 16.5. The summed E-state index contributed by atoms with van der Waals surface area (Å²) in [4.78, 5) is 19.7. The Labute approximate surface area is 91.4 Å². The lowest BCUT2D eigenvalue weighted by Gasteiger charge is -2.16. The molecule has 0 radical (unpaired) electrons. The van der Waals surface area contributed by atoms with Crippen LogP contribution in [0.4, 0.5) is 0 Å².